The third kappa shape index (κ3) is 5.42. The summed E-state index contributed by atoms with van der Waals surface area (Å²) in [5.41, 5.74) is 1.16. The molecule has 0 saturated heterocycles. The minimum atomic E-state index is -3.71. The monoisotopic (exact) mass is 561 g/mol. The zero-order valence-electron chi connectivity index (χ0n) is 20.9. The summed E-state index contributed by atoms with van der Waals surface area (Å²) in [6.07, 6.45) is 0.313. The predicted octanol–water partition coefficient (Wildman–Crippen LogP) is 5.38. The zero-order chi connectivity index (χ0) is 26.9. The number of carbonyl (C=O) groups is 2. The highest BCUT2D eigenvalue weighted by Crippen LogP contribution is 2.42. The van der Waals surface area contributed by atoms with Crippen molar-refractivity contribution in [2.45, 2.75) is 57.1 Å². The second-order valence-corrected chi connectivity index (χ2v) is 12.0. The number of hydrogen-bond donors (Lipinski definition) is 1. The smallest absolute Gasteiger partial charge is 0.265 e. The summed E-state index contributed by atoms with van der Waals surface area (Å²) < 4.78 is 27.8. The number of halogens is 2. The van der Waals surface area contributed by atoms with Gasteiger partial charge in [0.1, 0.15) is 6.04 Å². The maximum absolute atomic E-state index is 13.4. The lowest BCUT2D eigenvalue weighted by Crippen LogP contribution is -2.49. The lowest BCUT2D eigenvalue weighted by molar-refractivity contribution is -0.140. The normalized spacial score (nSPS) is 14.7. The molecular formula is C27H29Cl2N3O4S. The van der Waals surface area contributed by atoms with Gasteiger partial charge in [0.2, 0.25) is 11.8 Å². The number of sulfonamides is 1. The molecule has 0 radical (unpaired) electrons. The Balaban J connectivity index is 1.53. The topological polar surface area (TPSA) is 86.8 Å². The van der Waals surface area contributed by atoms with Crippen LogP contribution in [0.3, 0.4) is 0 Å². The molecule has 4 rings (SSSR count). The summed E-state index contributed by atoms with van der Waals surface area (Å²) in [5, 5.41) is 5.19. The molecule has 0 aliphatic carbocycles. The number of hydrogen-bond acceptors (Lipinski definition) is 4. The van der Waals surface area contributed by atoms with E-state index in [2.05, 4.69) is 5.32 Å². The van der Waals surface area contributed by atoms with E-state index in [-0.39, 0.29) is 48.7 Å². The van der Waals surface area contributed by atoms with Gasteiger partial charge in [-0.3, -0.25) is 13.9 Å². The maximum Gasteiger partial charge on any atom is 0.265 e. The van der Waals surface area contributed by atoms with Crippen molar-refractivity contribution in [3.63, 3.8) is 0 Å². The van der Waals surface area contributed by atoms with E-state index in [0.29, 0.717) is 26.7 Å². The Bertz CT molecular complexity index is 1430. The fraction of sp³-hybridized carbons (Fsp3) is 0.333. The lowest BCUT2D eigenvalue weighted by atomic mass is 10.1. The molecular weight excluding hydrogens is 533 g/mol. The van der Waals surface area contributed by atoms with Crippen LogP contribution in [0.25, 0.3) is 10.8 Å². The summed E-state index contributed by atoms with van der Waals surface area (Å²) in [6.45, 7) is 5.53. The Kier molecular flexibility index (Phi) is 8.02. The molecule has 1 N–H and O–H groups in total. The number of nitrogens with zero attached hydrogens (tertiary/aromatic N) is 2. The summed E-state index contributed by atoms with van der Waals surface area (Å²) in [6, 6.07) is 14.9. The summed E-state index contributed by atoms with van der Waals surface area (Å²) in [4.78, 5) is 28.0. The second kappa shape index (κ2) is 10.9. The highest BCUT2D eigenvalue weighted by atomic mass is 35.5. The van der Waals surface area contributed by atoms with E-state index in [1.165, 1.54) is 9.21 Å². The number of carbonyl (C=O) groups excluding carboxylic acids is 2. The van der Waals surface area contributed by atoms with Crippen LogP contribution in [-0.4, -0.2) is 43.8 Å². The van der Waals surface area contributed by atoms with Gasteiger partial charge in [0, 0.05) is 46.5 Å². The van der Waals surface area contributed by atoms with Gasteiger partial charge in [-0.2, -0.15) is 0 Å². The van der Waals surface area contributed by atoms with Crippen molar-refractivity contribution in [2.24, 2.45) is 0 Å². The van der Waals surface area contributed by atoms with Crippen molar-refractivity contribution in [3.8, 4) is 0 Å². The van der Waals surface area contributed by atoms with Crippen LogP contribution in [0.15, 0.2) is 59.5 Å². The molecule has 7 nitrogen and oxygen atoms in total. The molecule has 0 fully saturated rings. The fourth-order valence-corrected chi connectivity index (χ4v) is 6.82. The molecule has 37 heavy (non-hydrogen) atoms. The van der Waals surface area contributed by atoms with Crippen LogP contribution in [0.1, 0.15) is 39.2 Å². The van der Waals surface area contributed by atoms with Crippen LogP contribution < -0.4 is 9.62 Å². The Morgan fingerprint density at radius 1 is 0.973 bits per heavy atom. The summed E-state index contributed by atoms with van der Waals surface area (Å²) in [7, 11) is -3.71. The number of anilines is 1. The van der Waals surface area contributed by atoms with Gasteiger partial charge in [-0.25, -0.2) is 8.42 Å². The van der Waals surface area contributed by atoms with Crippen molar-refractivity contribution < 1.29 is 18.0 Å². The minimum absolute atomic E-state index is 0.0414. The first-order valence-corrected chi connectivity index (χ1v) is 14.3. The van der Waals surface area contributed by atoms with E-state index in [1.807, 2.05) is 32.0 Å². The first-order chi connectivity index (χ1) is 17.5. The Morgan fingerprint density at radius 2 is 1.59 bits per heavy atom. The molecule has 0 bridgehead atoms. The predicted molar refractivity (Wildman–Crippen MR) is 147 cm³/mol. The van der Waals surface area contributed by atoms with E-state index in [0.717, 1.165) is 5.39 Å². The van der Waals surface area contributed by atoms with Gasteiger partial charge in [0.15, 0.2) is 0 Å². The van der Waals surface area contributed by atoms with Gasteiger partial charge in [-0.15, -0.1) is 0 Å². The standard InChI is InChI=1S/C27H29Cl2N3O4S/c1-17(2)30-27(34)18(3)31(16-20-21(28)10-6-11-22(20)29)25(33)14-7-15-32-23-12-4-8-19-9-5-13-24(26(19)23)37(32,35)36/h4-6,8-13,17-18H,7,14-16H2,1-3H3,(H,30,34). The van der Waals surface area contributed by atoms with Crippen molar-refractivity contribution in [3.05, 3.63) is 70.2 Å². The Labute approximate surface area is 227 Å². The molecule has 1 aliphatic heterocycles. The molecule has 196 valence electrons. The summed E-state index contributed by atoms with van der Waals surface area (Å²) >= 11 is 12.7. The average molecular weight is 563 g/mol. The van der Waals surface area contributed by atoms with Crippen molar-refractivity contribution in [1.29, 1.82) is 0 Å². The molecule has 0 spiro atoms. The molecule has 1 aliphatic rings. The van der Waals surface area contributed by atoms with Crippen molar-refractivity contribution in [1.82, 2.24) is 10.2 Å². The molecule has 1 atom stereocenters. The molecule has 10 heteroatoms. The molecule has 0 saturated carbocycles. The van der Waals surface area contributed by atoms with E-state index >= 15 is 0 Å². The first kappa shape index (κ1) is 27.2. The third-order valence-corrected chi connectivity index (χ3v) is 8.99. The van der Waals surface area contributed by atoms with Crippen LogP contribution in [0.2, 0.25) is 10.0 Å². The van der Waals surface area contributed by atoms with Crippen LogP contribution >= 0.6 is 23.2 Å². The van der Waals surface area contributed by atoms with Crippen LogP contribution in [0.5, 0.6) is 0 Å². The van der Waals surface area contributed by atoms with E-state index in [4.69, 9.17) is 23.2 Å². The minimum Gasteiger partial charge on any atom is -0.352 e. The second-order valence-electron chi connectivity index (χ2n) is 9.37. The van der Waals surface area contributed by atoms with Crippen LogP contribution in [-0.2, 0) is 26.2 Å². The Hall–Kier alpha value is -2.81. The number of nitrogens with one attached hydrogen (secondary N) is 1. The fourth-order valence-electron chi connectivity index (χ4n) is 4.56. The van der Waals surface area contributed by atoms with Crippen molar-refractivity contribution in [2.75, 3.05) is 10.8 Å². The third-order valence-electron chi connectivity index (χ3n) is 6.42. The molecule has 1 heterocycles. The van der Waals surface area contributed by atoms with Gasteiger partial charge in [0.25, 0.3) is 10.0 Å². The molecule has 2 amide bonds. The average Bonchev–Trinajstić information content (AvgIpc) is 3.06. The molecule has 0 aromatic heterocycles. The van der Waals surface area contributed by atoms with Crippen LogP contribution in [0.4, 0.5) is 5.69 Å². The number of rotatable bonds is 9. The van der Waals surface area contributed by atoms with Crippen molar-refractivity contribution >= 4 is 61.5 Å². The molecule has 1 unspecified atom stereocenters. The molecule has 3 aromatic rings. The zero-order valence-corrected chi connectivity index (χ0v) is 23.2. The molecule has 3 aromatic carbocycles. The van der Waals surface area contributed by atoms with E-state index < -0.39 is 16.1 Å². The maximum atomic E-state index is 13.4. The summed E-state index contributed by atoms with van der Waals surface area (Å²) in [5.74, 6) is -0.592. The number of benzene rings is 3. The van der Waals surface area contributed by atoms with Gasteiger partial charge in [-0.1, -0.05) is 53.5 Å². The highest BCUT2D eigenvalue weighted by Gasteiger charge is 2.35. The largest absolute Gasteiger partial charge is 0.352 e. The van der Waals surface area contributed by atoms with Crippen LogP contribution in [0, 0.1) is 0 Å². The van der Waals surface area contributed by atoms with E-state index in [1.54, 1.807) is 43.3 Å². The number of amides is 2. The van der Waals surface area contributed by atoms with Gasteiger partial charge >= 0.3 is 0 Å². The quantitative estimate of drug-likeness (QED) is 0.380. The lowest BCUT2D eigenvalue weighted by Gasteiger charge is -2.30. The van der Waals surface area contributed by atoms with Gasteiger partial charge in [-0.05, 0) is 56.8 Å². The Morgan fingerprint density at radius 3 is 2.24 bits per heavy atom. The van der Waals surface area contributed by atoms with E-state index in [9.17, 15) is 18.0 Å². The highest BCUT2D eigenvalue weighted by molar-refractivity contribution is 7.93. The first-order valence-electron chi connectivity index (χ1n) is 12.1. The van der Waals surface area contributed by atoms with Gasteiger partial charge < -0.3 is 10.2 Å². The van der Waals surface area contributed by atoms with Gasteiger partial charge in [0.05, 0.1) is 10.6 Å². The SMILES string of the molecule is CC(C)NC(=O)C(C)N(Cc1c(Cl)cccc1Cl)C(=O)CCCN1c2cccc3cccc(c23)S1(=O)=O.